The quantitative estimate of drug-likeness (QED) is 0.728. The minimum absolute atomic E-state index is 0.242. The summed E-state index contributed by atoms with van der Waals surface area (Å²) in [5.41, 5.74) is 5.87. The van der Waals surface area contributed by atoms with E-state index in [0.717, 1.165) is 0 Å². The van der Waals surface area contributed by atoms with Crippen LogP contribution in [0.3, 0.4) is 0 Å². The first-order valence-corrected chi connectivity index (χ1v) is 4.35. The van der Waals surface area contributed by atoms with Gasteiger partial charge in [-0.15, -0.1) is 0 Å². The molecule has 0 saturated carbocycles. The van der Waals surface area contributed by atoms with E-state index in [0.29, 0.717) is 12.1 Å². The van der Waals surface area contributed by atoms with Crippen LogP contribution in [0.2, 0.25) is 0 Å². The first-order chi connectivity index (χ1) is 6.75. The molecule has 0 aliphatic rings. The molecule has 1 aromatic rings. The topological polar surface area (TPSA) is 72.5 Å². The summed E-state index contributed by atoms with van der Waals surface area (Å²) in [6, 6.07) is 8.81. The Morgan fingerprint density at radius 1 is 1.43 bits per heavy atom. The number of carbonyl (C=O) groups is 1. The number of rotatable bonds is 5. The highest BCUT2D eigenvalue weighted by Crippen LogP contribution is 2.16. The van der Waals surface area contributed by atoms with Gasteiger partial charge < -0.3 is 15.6 Å². The van der Waals surface area contributed by atoms with Crippen molar-refractivity contribution in [2.75, 3.05) is 13.2 Å². The predicted octanol–water partition coefficient (Wildman–Crippen LogP) is 0.788. The number of aliphatic carboxylic acids is 1. The van der Waals surface area contributed by atoms with E-state index in [9.17, 15) is 4.79 Å². The molecule has 3 N–H and O–H groups in total. The maximum Gasteiger partial charge on any atom is 0.337 e. The molecule has 14 heavy (non-hydrogen) atoms. The van der Waals surface area contributed by atoms with Crippen LogP contribution in [0.25, 0.3) is 0 Å². The fourth-order valence-electron chi connectivity index (χ4n) is 1.12. The van der Waals surface area contributed by atoms with E-state index >= 15 is 0 Å². The Balaban J connectivity index is 2.73. The Kier molecular flexibility index (Phi) is 4.10. The van der Waals surface area contributed by atoms with E-state index in [1.54, 1.807) is 24.3 Å². The normalized spacial score (nSPS) is 12.4. The number of hydrogen-bond acceptors (Lipinski definition) is 3. The van der Waals surface area contributed by atoms with Crippen molar-refractivity contribution in [3.63, 3.8) is 0 Å². The molecule has 1 aromatic carbocycles. The summed E-state index contributed by atoms with van der Waals surface area (Å²) in [6.45, 7) is 0.558. The van der Waals surface area contributed by atoms with Gasteiger partial charge in [-0.1, -0.05) is 30.3 Å². The Labute approximate surface area is 82.3 Å². The van der Waals surface area contributed by atoms with Crippen molar-refractivity contribution in [2.45, 2.75) is 6.10 Å². The lowest BCUT2D eigenvalue weighted by Crippen LogP contribution is -2.19. The molecule has 0 unspecified atom stereocenters. The van der Waals surface area contributed by atoms with Crippen LogP contribution >= 0.6 is 0 Å². The molecular formula is C10H13NO3. The zero-order valence-electron chi connectivity index (χ0n) is 7.72. The van der Waals surface area contributed by atoms with Crippen LogP contribution < -0.4 is 5.73 Å². The second kappa shape index (κ2) is 5.36. The summed E-state index contributed by atoms with van der Waals surface area (Å²) >= 11 is 0. The van der Waals surface area contributed by atoms with Crippen molar-refractivity contribution in [1.82, 2.24) is 0 Å². The van der Waals surface area contributed by atoms with Gasteiger partial charge in [0.2, 0.25) is 0 Å². The summed E-state index contributed by atoms with van der Waals surface area (Å²) in [4.78, 5) is 10.8. The van der Waals surface area contributed by atoms with E-state index in [1.807, 2.05) is 6.07 Å². The molecule has 0 amide bonds. The van der Waals surface area contributed by atoms with Gasteiger partial charge in [-0.05, 0) is 5.56 Å². The van der Waals surface area contributed by atoms with E-state index < -0.39 is 12.1 Å². The third kappa shape index (κ3) is 2.83. The third-order valence-electron chi connectivity index (χ3n) is 1.73. The standard InChI is InChI=1S/C10H13NO3/c11-6-7-14-9(10(12)13)8-4-2-1-3-5-8/h1-5,9H,6-7,11H2,(H,12,13)/t9-/m1/s1. The van der Waals surface area contributed by atoms with Crippen molar-refractivity contribution in [2.24, 2.45) is 5.73 Å². The average molecular weight is 195 g/mol. The molecule has 0 aliphatic heterocycles. The van der Waals surface area contributed by atoms with Crippen molar-refractivity contribution < 1.29 is 14.6 Å². The maximum absolute atomic E-state index is 10.8. The summed E-state index contributed by atoms with van der Waals surface area (Å²) in [5, 5.41) is 8.89. The molecular weight excluding hydrogens is 182 g/mol. The largest absolute Gasteiger partial charge is 0.479 e. The lowest BCUT2D eigenvalue weighted by atomic mass is 10.1. The van der Waals surface area contributed by atoms with Crippen LogP contribution in [-0.4, -0.2) is 24.2 Å². The van der Waals surface area contributed by atoms with Gasteiger partial charge in [0.1, 0.15) is 0 Å². The molecule has 0 aliphatic carbocycles. The molecule has 0 saturated heterocycles. The fraction of sp³-hybridized carbons (Fsp3) is 0.300. The number of carboxylic acids is 1. The van der Waals surface area contributed by atoms with E-state index in [-0.39, 0.29) is 6.61 Å². The second-order valence-electron chi connectivity index (χ2n) is 2.79. The third-order valence-corrected chi connectivity index (χ3v) is 1.73. The fourth-order valence-corrected chi connectivity index (χ4v) is 1.12. The van der Waals surface area contributed by atoms with Gasteiger partial charge in [-0.25, -0.2) is 4.79 Å². The molecule has 1 atom stereocenters. The molecule has 0 heterocycles. The van der Waals surface area contributed by atoms with Crippen LogP contribution in [0.1, 0.15) is 11.7 Å². The molecule has 1 rings (SSSR count). The summed E-state index contributed by atoms with van der Waals surface area (Å²) in [7, 11) is 0. The number of hydrogen-bond donors (Lipinski definition) is 2. The average Bonchev–Trinajstić information content (AvgIpc) is 2.19. The van der Waals surface area contributed by atoms with E-state index in [4.69, 9.17) is 15.6 Å². The van der Waals surface area contributed by atoms with Gasteiger partial charge in [0.25, 0.3) is 0 Å². The first kappa shape index (κ1) is 10.7. The van der Waals surface area contributed by atoms with Gasteiger partial charge in [0, 0.05) is 6.54 Å². The minimum atomic E-state index is -0.996. The molecule has 0 radical (unpaired) electrons. The highest BCUT2D eigenvalue weighted by molar-refractivity contribution is 5.74. The van der Waals surface area contributed by atoms with Gasteiger partial charge in [0.05, 0.1) is 6.61 Å². The molecule has 0 spiro atoms. The Bertz CT molecular complexity index is 287. The highest BCUT2D eigenvalue weighted by Gasteiger charge is 2.19. The number of ether oxygens (including phenoxy) is 1. The monoisotopic (exact) mass is 195 g/mol. The van der Waals surface area contributed by atoms with Crippen LogP contribution in [0, 0.1) is 0 Å². The van der Waals surface area contributed by atoms with E-state index in [1.165, 1.54) is 0 Å². The van der Waals surface area contributed by atoms with Gasteiger partial charge >= 0.3 is 5.97 Å². The van der Waals surface area contributed by atoms with Gasteiger partial charge in [-0.3, -0.25) is 0 Å². The summed E-state index contributed by atoms with van der Waals surface area (Å²) < 4.78 is 5.11. The SMILES string of the molecule is NCCO[C@@H](C(=O)O)c1ccccc1. The van der Waals surface area contributed by atoms with Crippen LogP contribution in [0.5, 0.6) is 0 Å². The lowest BCUT2D eigenvalue weighted by molar-refractivity contribution is -0.150. The maximum atomic E-state index is 10.8. The van der Waals surface area contributed by atoms with Gasteiger partial charge in [0.15, 0.2) is 6.10 Å². The smallest absolute Gasteiger partial charge is 0.337 e. The minimum Gasteiger partial charge on any atom is -0.479 e. The molecule has 4 nitrogen and oxygen atoms in total. The Hall–Kier alpha value is -1.39. The predicted molar refractivity (Wildman–Crippen MR) is 51.8 cm³/mol. The van der Waals surface area contributed by atoms with Crippen molar-refractivity contribution in [3.8, 4) is 0 Å². The molecule has 0 fully saturated rings. The Morgan fingerprint density at radius 2 is 2.07 bits per heavy atom. The van der Waals surface area contributed by atoms with Crippen molar-refractivity contribution >= 4 is 5.97 Å². The highest BCUT2D eigenvalue weighted by atomic mass is 16.5. The van der Waals surface area contributed by atoms with Gasteiger partial charge in [-0.2, -0.15) is 0 Å². The number of carboxylic acid groups (broad SMARTS) is 1. The second-order valence-corrected chi connectivity index (χ2v) is 2.79. The lowest BCUT2D eigenvalue weighted by Gasteiger charge is -2.12. The number of nitrogens with two attached hydrogens (primary N) is 1. The van der Waals surface area contributed by atoms with Crippen LogP contribution in [0.4, 0.5) is 0 Å². The van der Waals surface area contributed by atoms with Crippen molar-refractivity contribution in [3.05, 3.63) is 35.9 Å². The van der Waals surface area contributed by atoms with Crippen molar-refractivity contribution in [1.29, 1.82) is 0 Å². The molecule has 4 heteroatoms. The Morgan fingerprint density at radius 3 is 2.57 bits per heavy atom. The van der Waals surface area contributed by atoms with Crippen LogP contribution in [-0.2, 0) is 9.53 Å². The first-order valence-electron chi connectivity index (χ1n) is 4.35. The summed E-state index contributed by atoms with van der Waals surface area (Å²) in [6.07, 6.45) is -0.917. The molecule has 0 aromatic heterocycles. The van der Waals surface area contributed by atoms with Crippen LogP contribution in [0.15, 0.2) is 30.3 Å². The molecule has 0 bridgehead atoms. The summed E-state index contributed by atoms with van der Waals surface area (Å²) in [5.74, 6) is -0.996. The molecule has 76 valence electrons. The number of benzene rings is 1. The van der Waals surface area contributed by atoms with E-state index in [2.05, 4.69) is 0 Å². The zero-order chi connectivity index (χ0) is 10.4. The zero-order valence-corrected chi connectivity index (χ0v) is 7.72.